The Morgan fingerprint density at radius 2 is 2.00 bits per heavy atom. The van der Waals surface area contributed by atoms with Crippen molar-refractivity contribution in [3.8, 4) is 0 Å². The molecule has 5 nitrogen and oxygen atoms in total. The molecule has 3 unspecified atom stereocenters. The number of hydrogen-bond donors (Lipinski definition) is 0. The van der Waals surface area contributed by atoms with Crippen LogP contribution < -0.4 is 0 Å². The van der Waals surface area contributed by atoms with E-state index in [9.17, 15) is 4.79 Å². The Balaban J connectivity index is 1.53. The molecule has 3 aliphatic heterocycles. The fraction of sp³-hybridized carbons (Fsp3) is 0.941. The van der Waals surface area contributed by atoms with E-state index in [0.717, 1.165) is 13.0 Å². The van der Waals surface area contributed by atoms with Gasteiger partial charge in [0, 0.05) is 18.6 Å². The van der Waals surface area contributed by atoms with Crippen LogP contribution in [0.25, 0.3) is 0 Å². The van der Waals surface area contributed by atoms with Crippen molar-refractivity contribution in [2.45, 2.75) is 70.2 Å². The zero-order valence-electron chi connectivity index (χ0n) is 14.2. The SMILES string of the molecule is CC1CC(N2CCCC2)CN1C(=O)CC1COCC(C)(C)O1. The minimum atomic E-state index is -0.280. The zero-order valence-corrected chi connectivity index (χ0v) is 14.2. The van der Waals surface area contributed by atoms with Gasteiger partial charge >= 0.3 is 0 Å². The summed E-state index contributed by atoms with van der Waals surface area (Å²) in [6.45, 7) is 10.6. The van der Waals surface area contributed by atoms with Crippen LogP contribution in [0.1, 0.15) is 46.5 Å². The van der Waals surface area contributed by atoms with E-state index in [2.05, 4.69) is 16.7 Å². The first kappa shape index (κ1) is 16.2. The first-order chi connectivity index (χ1) is 10.4. The van der Waals surface area contributed by atoms with Gasteiger partial charge in [-0.1, -0.05) is 0 Å². The van der Waals surface area contributed by atoms with Crippen LogP contribution in [0.4, 0.5) is 0 Å². The Bertz CT molecular complexity index is 407. The molecule has 3 saturated heterocycles. The number of amides is 1. The largest absolute Gasteiger partial charge is 0.376 e. The Kier molecular flexibility index (Phi) is 4.76. The summed E-state index contributed by atoms with van der Waals surface area (Å²) in [7, 11) is 0. The second kappa shape index (κ2) is 6.46. The molecular formula is C17H30N2O3. The lowest BCUT2D eigenvalue weighted by atomic mass is 10.1. The number of carbonyl (C=O) groups is 1. The lowest BCUT2D eigenvalue weighted by molar-refractivity contribution is -0.187. The van der Waals surface area contributed by atoms with Gasteiger partial charge in [-0.2, -0.15) is 0 Å². The predicted octanol–water partition coefficient (Wildman–Crippen LogP) is 1.66. The summed E-state index contributed by atoms with van der Waals surface area (Å²) in [4.78, 5) is 17.3. The molecule has 0 aromatic heterocycles. The summed E-state index contributed by atoms with van der Waals surface area (Å²) in [6.07, 6.45) is 4.07. The first-order valence-corrected chi connectivity index (χ1v) is 8.74. The van der Waals surface area contributed by atoms with Gasteiger partial charge in [-0.25, -0.2) is 0 Å². The molecule has 1 amide bonds. The second-order valence-electron chi connectivity index (χ2n) is 7.75. The summed E-state index contributed by atoms with van der Waals surface area (Å²) < 4.78 is 11.6. The monoisotopic (exact) mass is 310 g/mol. The normalized spacial score (nSPS) is 36.0. The Hall–Kier alpha value is -0.650. The minimum Gasteiger partial charge on any atom is -0.376 e. The highest BCUT2D eigenvalue weighted by Gasteiger charge is 2.38. The van der Waals surface area contributed by atoms with Gasteiger partial charge < -0.3 is 14.4 Å². The topological polar surface area (TPSA) is 42.0 Å². The molecule has 0 aromatic carbocycles. The quantitative estimate of drug-likeness (QED) is 0.795. The number of hydrogen-bond acceptors (Lipinski definition) is 4. The van der Waals surface area contributed by atoms with Gasteiger partial charge in [-0.3, -0.25) is 9.69 Å². The highest BCUT2D eigenvalue weighted by Crippen LogP contribution is 2.27. The first-order valence-electron chi connectivity index (χ1n) is 8.74. The Labute approximate surface area is 133 Å². The van der Waals surface area contributed by atoms with Crippen LogP contribution in [0.3, 0.4) is 0 Å². The van der Waals surface area contributed by atoms with Crippen molar-refractivity contribution < 1.29 is 14.3 Å². The molecule has 0 bridgehead atoms. The van der Waals surface area contributed by atoms with E-state index in [-0.39, 0.29) is 17.6 Å². The molecule has 3 fully saturated rings. The zero-order chi connectivity index (χ0) is 15.7. The van der Waals surface area contributed by atoms with Crippen molar-refractivity contribution in [1.82, 2.24) is 9.80 Å². The summed E-state index contributed by atoms with van der Waals surface area (Å²) in [5, 5.41) is 0. The van der Waals surface area contributed by atoms with Gasteiger partial charge in [0.2, 0.25) is 5.91 Å². The van der Waals surface area contributed by atoms with Crippen LogP contribution in [0.2, 0.25) is 0 Å². The standard InChI is InChI=1S/C17H30N2O3/c1-13-8-14(18-6-4-5-7-18)10-19(13)16(20)9-15-11-21-12-17(2,3)22-15/h13-15H,4-12H2,1-3H3. The van der Waals surface area contributed by atoms with Crippen LogP contribution >= 0.6 is 0 Å². The molecule has 3 atom stereocenters. The maximum absolute atomic E-state index is 12.7. The summed E-state index contributed by atoms with van der Waals surface area (Å²) >= 11 is 0. The molecule has 0 spiro atoms. The van der Waals surface area contributed by atoms with E-state index in [4.69, 9.17) is 9.47 Å². The molecule has 0 saturated carbocycles. The summed E-state index contributed by atoms with van der Waals surface area (Å²) in [6, 6.07) is 0.900. The van der Waals surface area contributed by atoms with E-state index >= 15 is 0 Å². The number of rotatable bonds is 3. The molecule has 0 aromatic rings. The van der Waals surface area contributed by atoms with Crippen molar-refractivity contribution in [3.63, 3.8) is 0 Å². The number of nitrogens with zero attached hydrogens (tertiary/aromatic N) is 2. The van der Waals surface area contributed by atoms with Gasteiger partial charge in [-0.05, 0) is 53.1 Å². The molecule has 3 aliphatic rings. The van der Waals surface area contributed by atoms with Gasteiger partial charge in [-0.15, -0.1) is 0 Å². The number of carbonyl (C=O) groups excluding carboxylic acids is 1. The van der Waals surface area contributed by atoms with Crippen molar-refractivity contribution in [2.24, 2.45) is 0 Å². The molecular weight excluding hydrogens is 280 g/mol. The average Bonchev–Trinajstić information content (AvgIpc) is 3.06. The molecule has 5 heteroatoms. The summed E-state index contributed by atoms with van der Waals surface area (Å²) in [5.74, 6) is 0.223. The fourth-order valence-electron chi connectivity index (χ4n) is 4.09. The van der Waals surface area contributed by atoms with E-state index in [0.29, 0.717) is 31.7 Å². The van der Waals surface area contributed by atoms with Crippen LogP contribution in [-0.4, -0.2) is 72.3 Å². The average molecular weight is 310 g/mol. The Morgan fingerprint density at radius 3 is 2.68 bits per heavy atom. The lowest BCUT2D eigenvalue weighted by Gasteiger charge is -2.36. The van der Waals surface area contributed by atoms with Crippen molar-refractivity contribution in [2.75, 3.05) is 32.8 Å². The number of ether oxygens (including phenoxy) is 2. The molecule has 126 valence electrons. The fourth-order valence-corrected chi connectivity index (χ4v) is 4.09. The number of likely N-dealkylation sites (tertiary alicyclic amines) is 2. The van der Waals surface area contributed by atoms with E-state index in [1.807, 2.05) is 13.8 Å². The summed E-state index contributed by atoms with van der Waals surface area (Å²) in [5.41, 5.74) is -0.280. The van der Waals surface area contributed by atoms with Crippen LogP contribution in [0.15, 0.2) is 0 Å². The smallest absolute Gasteiger partial charge is 0.225 e. The second-order valence-corrected chi connectivity index (χ2v) is 7.75. The van der Waals surface area contributed by atoms with Crippen molar-refractivity contribution >= 4 is 5.91 Å². The molecule has 3 rings (SSSR count). The van der Waals surface area contributed by atoms with E-state index in [1.165, 1.54) is 25.9 Å². The highest BCUT2D eigenvalue weighted by molar-refractivity contribution is 5.77. The maximum atomic E-state index is 12.7. The molecule has 3 heterocycles. The van der Waals surface area contributed by atoms with E-state index < -0.39 is 0 Å². The van der Waals surface area contributed by atoms with Gasteiger partial charge in [0.05, 0.1) is 31.3 Å². The van der Waals surface area contributed by atoms with Crippen LogP contribution in [0.5, 0.6) is 0 Å². The molecule has 0 N–H and O–H groups in total. The molecule has 0 radical (unpaired) electrons. The van der Waals surface area contributed by atoms with E-state index in [1.54, 1.807) is 0 Å². The predicted molar refractivity (Wildman–Crippen MR) is 84.8 cm³/mol. The minimum absolute atomic E-state index is 0.103. The molecule has 22 heavy (non-hydrogen) atoms. The van der Waals surface area contributed by atoms with Crippen LogP contribution in [0, 0.1) is 0 Å². The van der Waals surface area contributed by atoms with Crippen LogP contribution in [-0.2, 0) is 14.3 Å². The van der Waals surface area contributed by atoms with Gasteiger partial charge in [0.25, 0.3) is 0 Å². The maximum Gasteiger partial charge on any atom is 0.225 e. The van der Waals surface area contributed by atoms with Gasteiger partial charge in [0.1, 0.15) is 0 Å². The third-order valence-corrected chi connectivity index (χ3v) is 5.17. The molecule has 0 aliphatic carbocycles. The van der Waals surface area contributed by atoms with Gasteiger partial charge in [0.15, 0.2) is 0 Å². The van der Waals surface area contributed by atoms with Crippen molar-refractivity contribution in [3.05, 3.63) is 0 Å². The third-order valence-electron chi connectivity index (χ3n) is 5.17. The third kappa shape index (κ3) is 3.63. The Morgan fingerprint density at radius 1 is 1.27 bits per heavy atom. The highest BCUT2D eigenvalue weighted by atomic mass is 16.6. The van der Waals surface area contributed by atoms with Crippen molar-refractivity contribution in [1.29, 1.82) is 0 Å². The lowest BCUT2D eigenvalue weighted by Crippen LogP contribution is -2.46.